The van der Waals surface area contributed by atoms with Crippen LogP contribution in [-0.4, -0.2) is 126 Å². The molecule has 5 aliphatic rings. The zero-order valence-corrected chi connectivity index (χ0v) is 30.2. The number of piperidine rings is 2. The van der Waals surface area contributed by atoms with Crippen LogP contribution in [-0.2, 0) is 28.5 Å². The number of hydrogen-bond donors (Lipinski definition) is 2. The molecule has 3 atom stereocenters. The van der Waals surface area contributed by atoms with Crippen LogP contribution in [0.4, 0.5) is 34.1 Å². The maximum absolute atomic E-state index is 14.1. The van der Waals surface area contributed by atoms with E-state index in [0.29, 0.717) is 76.8 Å². The van der Waals surface area contributed by atoms with Crippen molar-refractivity contribution in [3.05, 3.63) is 44.6 Å². The zero-order valence-electron chi connectivity index (χ0n) is 28.7. The Labute approximate surface area is 304 Å². The number of piperazine rings is 1. The van der Waals surface area contributed by atoms with E-state index < -0.39 is 35.5 Å². The number of halogens is 4. The van der Waals surface area contributed by atoms with Gasteiger partial charge in [0.1, 0.15) is 0 Å². The normalized spacial score (nSPS) is 25.7. The fourth-order valence-corrected chi connectivity index (χ4v) is 9.74. The number of carbonyl (C=O) groups is 3. The molecule has 11 nitrogen and oxygen atoms in total. The van der Waals surface area contributed by atoms with Crippen molar-refractivity contribution in [1.29, 1.82) is 0 Å². The third kappa shape index (κ3) is 7.63. The average Bonchev–Trinajstić information content (AvgIpc) is 3.55. The van der Waals surface area contributed by atoms with E-state index >= 15 is 0 Å². The third-order valence-electron chi connectivity index (χ3n) is 11.7. The SMILES string of the molecule is CN1C2CCC1CC(N1CCN(C(=O)[C@@H](Cc3cc(Cl)c(N)c(C(F)(F)F)c3)OC(=O)N3CCC(N4CCc5cscc5NC4=O)CC3)CC1)C2. The van der Waals surface area contributed by atoms with Crippen molar-refractivity contribution in [2.24, 2.45) is 0 Å². The zero-order chi connectivity index (χ0) is 36.0. The minimum absolute atomic E-state index is 0.0760. The lowest BCUT2D eigenvalue weighted by atomic mass is 9.96. The van der Waals surface area contributed by atoms with Crippen LogP contribution in [0, 0.1) is 0 Å². The van der Waals surface area contributed by atoms with Crippen LogP contribution in [0.2, 0.25) is 5.02 Å². The molecule has 278 valence electrons. The van der Waals surface area contributed by atoms with Crippen molar-refractivity contribution < 1.29 is 32.3 Å². The second-order valence-electron chi connectivity index (χ2n) is 14.6. The monoisotopic (exact) mass is 751 g/mol. The molecule has 0 spiro atoms. The maximum atomic E-state index is 14.1. The molecule has 0 radical (unpaired) electrons. The number of urea groups is 1. The van der Waals surface area contributed by atoms with Crippen molar-refractivity contribution in [1.82, 2.24) is 24.5 Å². The first-order valence-electron chi connectivity index (χ1n) is 17.8. The van der Waals surface area contributed by atoms with Gasteiger partial charge in [-0.25, -0.2) is 9.59 Å². The molecule has 1 aromatic heterocycles. The van der Waals surface area contributed by atoms with Crippen molar-refractivity contribution in [3.63, 3.8) is 0 Å². The number of nitrogens with zero attached hydrogens (tertiary/aromatic N) is 5. The molecular weight excluding hydrogens is 707 g/mol. The molecular formula is C35H45ClF3N7O4S. The van der Waals surface area contributed by atoms with Crippen LogP contribution >= 0.6 is 22.9 Å². The van der Waals surface area contributed by atoms with Crippen molar-refractivity contribution in [3.8, 4) is 0 Å². The molecule has 0 aliphatic carbocycles. The number of rotatable bonds is 6. The molecule has 4 fully saturated rings. The number of nitrogen functional groups attached to an aromatic ring is 1. The van der Waals surface area contributed by atoms with E-state index in [4.69, 9.17) is 22.1 Å². The van der Waals surface area contributed by atoms with Gasteiger partial charge in [-0.05, 0) is 80.6 Å². The molecule has 16 heteroatoms. The number of thiophene rings is 1. The minimum Gasteiger partial charge on any atom is -0.436 e. The van der Waals surface area contributed by atoms with Crippen LogP contribution in [0.25, 0.3) is 0 Å². The Hall–Kier alpha value is -3.27. The van der Waals surface area contributed by atoms with Crippen molar-refractivity contribution in [2.45, 2.75) is 87.8 Å². The van der Waals surface area contributed by atoms with Gasteiger partial charge in [-0.3, -0.25) is 9.69 Å². The van der Waals surface area contributed by atoms with Crippen molar-refractivity contribution >= 4 is 52.3 Å². The number of carbonyl (C=O) groups excluding carboxylic acids is 3. The van der Waals surface area contributed by atoms with Gasteiger partial charge in [0, 0.05) is 81.8 Å². The Morgan fingerprint density at radius 2 is 1.65 bits per heavy atom. The van der Waals surface area contributed by atoms with E-state index in [1.807, 2.05) is 15.7 Å². The van der Waals surface area contributed by atoms with E-state index in [-0.39, 0.29) is 29.1 Å². The van der Waals surface area contributed by atoms with Gasteiger partial charge in [-0.1, -0.05) is 11.6 Å². The lowest BCUT2D eigenvalue weighted by Gasteiger charge is -2.45. The molecule has 0 saturated carbocycles. The number of hydrogen-bond acceptors (Lipinski definition) is 8. The summed E-state index contributed by atoms with van der Waals surface area (Å²) in [6.45, 7) is 3.39. The Morgan fingerprint density at radius 1 is 0.961 bits per heavy atom. The second kappa shape index (κ2) is 14.6. The quantitative estimate of drug-likeness (QED) is 0.382. The molecule has 5 aliphatic heterocycles. The predicted molar refractivity (Wildman–Crippen MR) is 189 cm³/mol. The smallest absolute Gasteiger partial charge is 0.418 e. The number of nitrogens with one attached hydrogen (secondary N) is 1. The van der Waals surface area contributed by atoms with Gasteiger partial charge in [0.05, 0.1) is 22.0 Å². The first kappa shape index (κ1) is 36.1. The Morgan fingerprint density at radius 3 is 2.31 bits per heavy atom. The summed E-state index contributed by atoms with van der Waals surface area (Å²) in [7, 11) is 2.21. The Balaban J connectivity index is 1.01. The number of fused-ring (bicyclic) bond motifs is 3. The van der Waals surface area contributed by atoms with E-state index in [2.05, 4.69) is 22.2 Å². The second-order valence-corrected chi connectivity index (χ2v) is 15.7. The summed E-state index contributed by atoms with van der Waals surface area (Å²) >= 11 is 7.68. The van der Waals surface area contributed by atoms with Gasteiger partial charge in [-0.2, -0.15) is 13.2 Å². The Kier molecular flexibility index (Phi) is 10.4. The van der Waals surface area contributed by atoms with Gasteiger partial charge >= 0.3 is 18.3 Å². The molecule has 4 saturated heterocycles. The summed E-state index contributed by atoms with van der Waals surface area (Å²) < 4.78 is 47.4. The average molecular weight is 752 g/mol. The van der Waals surface area contributed by atoms with E-state index in [9.17, 15) is 27.6 Å². The first-order valence-corrected chi connectivity index (χ1v) is 19.2. The summed E-state index contributed by atoms with van der Waals surface area (Å²) in [5.74, 6) is -0.448. The number of benzene rings is 1. The Bertz CT molecular complexity index is 1610. The van der Waals surface area contributed by atoms with Crippen LogP contribution in [0.15, 0.2) is 22.9 Å². The van der Waals surface area contributed by atoms with Gasteiger partial charge in [0.15, 0.2) is 6.10 Å². The number of amides is 4. The van der Waals surface area contributed by atoms with Crippen molar-refractivity contribution in [2.75, 3.05) is 63.9 Å². The van der Waals surface area contributed by atoms with Gasteiger partial charge in [0.25, 0.3) is 5.91 Å². The lowest BCUT2D eigenvalue weighted by molar-refractivity contribution is -0.143. The number of anilines is 2. The summed E-state index contributed by atoms with van der Waals surface area (Å²) in [6.07, 6.45) is -0.694. The molecule has 2 bridgehead atoms. The minimum atomic E-state index is -4.76. The lowest BCUT2D eigenvalue weighted by Crippen LogP contribution is -2.57. The number of alkyl halides is 3. The van der Waals surface area contributed by atoms with E-state index in [1.54, 1.807) is 16.2 Å². The standard InChI is InChI=1S/C35H45ClF3N7O4S/c1-42-24-2-3-25(42)18-26(17-24)43-10-12-44(13-11-43)32(47)30(16-21-14-27(35(37,38)39)31(40)28(36)15-21)50-34(49)45-7-5-23(6-8-45)46-9-4-22-19-51-20-29(22)41-33(46)48/h14-15,19-20,23-26,30H,2-13,16-18,40H2,1H3,(H,41,48)/t24?,25?,26?,30-/m1/s1. The molecule has 2 aromatic rings. The highest BCUT2D eigenvalue weighted by molar-refractivity contribution is 7.08. The van der Waals surface area contributed by atoms with E-state index in [1.165, 1.54) is 23.8 Å². The maximum Gasteiger partial charge on any atom is 0.418 e. The van der Waals surface area contributed by atoms with Gasteiger partial charge < -0.3 is 35.4 Å². The summed E-state index contributed by atoms with van der Waals surface area (Å²) in [4.78, 5) is 50.6. The molecule has 4 amide bonds. The topological polar surface area (TPSA) is 115 Å². The van der Waals surface area contributed by atoms with Gasteiger partial charge in [0.2, 0.25) is 0 Å². The fourth-order valence-electron chi connectivity index (χ4n) is 8.67. The van der Waals surface area contributed by atoms with Crippen LogP contribution in [0.1, 0.15) is 55.2 Å². The predicted octanol–water partition coefficient (Wildman–Crippen LogP) is 5.37. The largest absolute Gasteiger partial charge is 0.436 e. The highest BCUT2D eigenvalue weighted by Gasteiger charge is 2.42. The van der Waals surface area contributed by atoms with Gasteiger partial charge in [-0.15, -0.1) is 11.3 Å². The summed E-state index contributed by atoms with van der Waals surface area (Å²) in [5, 5.41) is 6.66. The van der Waals surface area contributed by atoms with Crippen LogP contribution in [0.5, 0.6) is 0 Å². The summed E-state index contributed by atoms with van der Waals surface area (Å²) in [5.41, 5.74) is 6.01. The fraction of sp³-hybridized carbons (Fsp3) is 0.629. The third-order valence-corrected chi connectivity index (χ3v) is 12.8. The summed E-state index contributed by atoms with van der Waals surface area (Å²) in [6, 6.07) is 3.56. The van der Waals surface area contributed by atoms with E-state index in [0.717, 1.165) is 36.6 Å². The van der Waals surface area contributed by atoms with Crippen LogP contribution < -0.4 is 11.1 Å². The highest BCUT2D eigenvalue weighted by Crippen LogP contribution is 2.39. The number of likely N-dealkylation sites (tertiary alicyclic amines) is 1. The van der Waals surface area contributed by atoms with Crippen LogP contribution in [0.3, 0.4) is 0 Å². The molecule has 1 aromatic carbocycles. The molecule has 51 heavy (non-hydrogen) atoms. The number of nitrogens with two attached hydrogens (primary N) is 1. The molecule has 2 unspecified atom stereocenters. The molecule has 3 N–H and O–H groups in total. The molecule has 7 rings (SSSR count). The molecule has 6 heterocycles. The number of ether oxygens (including phenoxy) is 1. The highest BCUT2D eigenvalue weighted by atomic mass is 35.5. The first-order chi connectivity index (χ1) is 24.4.